The van der Waals surface area contributed by atoms with Gasteiger partial charge in [-0.25, -0.2) is 0 Å². The number of hydrogen-bond donors (Lipinski definition) is 1. The molecule has 0 saturated heterocycles. The molecule has 0 saturated carbocycles. The molecule has 1 amide bonds. The van der Waals surface area contributed by atoms with Gasteiger partial charge in [-0.05, 0) is 18.6 Å². The summed E-state index contributed by atoms with van der Waals surface area (Å²) in [6.45, 7) is 6.23. The van der Waals surface area contributed by atoms with Crippen LogP contribution in [0.2, 0.25) is 0 Å². The normalized spacial score (nSPS) is 20.4. The van der Waals surface area contributed by atoms with Gasteiger partial charge in [-0.3, -0.25) is 9.69 Å². The number of fused-ring (bicyclic) bond motifs is 1. The Morgan fingerprint density at radius 1 is 1.10 bits per heavy atom. The average Bonchev–Trinajstić information content (AvgIpc) is 2.37. The van der Waals surface area contributed by atoms with E-state index in [9.17, 15) is 4.79 Å². The van der Waals surface area contributed by atoms with E-state index < -0.39 is 0 Å². The Morgan fingerprint density at radius 3 is 2.50 bits per heavy atom. The van der Waals surface area contributed by atoms with Crippen LogP contribution < -0.4 is 5.32 Å². The number of nitrogens with zero attached hydrogens (tertiary/aromatic N) is 1. The fraction of sp³-hybridized carbons (Fsp3) is 0.235. The molecule has 3 nitrogen and oxygen atoms in total. The Balaban J connectivity index is 2.03. The van der Waals surface area contributed by atoms with Crippen molar-refractivity contribution in [1.82, 2.24) is 10.2 Å². The highest BCUT2D eigenvalue weighted by Gasteiger charge is 2.31. The fourth-order valence-electron chi connectivity index (χ4n) is 2.77. The first kappa shape index (κ1) is 12.7. The van der Waals surface area contributed by atoms with Crippen LogP contribution in [-0.4, -0.2) is 10.8 Å². The van der Waals surface area contributed by atoms with Gasteiger partial charge in [0.05, 0.1) is 5.70 Å². The fourth-order valence-corrected chi connectivity index (χ4v) is 2.77. The molecule has 0 atom stereocenters. The van der Waals surface area contributed by atoms with E-state index in [2.05, 4.69) is 31.3 Å². The molecule has 0 aromatic heterocycles. The summed E-state index contributed by atoms with van der Waals surface area (Å²) in [6, 6.07) is 9.91. The van der Waals surface area contributed by atoms with E-state index in [0.29, 0.717) is 0 Å². The summed E-state index contributed by atoms with van der Waals surface area (Å²) in [5, 5.41) is 3.37. The second kappa shape index (κ2) is 4.37. The van der Waals surface area contributed by atoms with Crippen LogP contribution in [0.15, 0.2) is 60.1 Å². The molecule has 0 bridgehead atoms. The lowest BCUT2D eigenvalue weighted by molar-refractivity contribution is -0.123. The molecular weight excluding hydrogens is 248 g/mol. The van der Waals surface area contributed by atoms with Crippen LogP contribution in [0, 0.1) is 5.41 Å². The Morgan fingerprint density at radius 2 is 1.80 bits per heavy atom. The Bertz CT molecular complexity index is 651. The van der Waals surface area contributed by atoms with Crippen LogP contribution >= 0.6 is 0 Å². The van der Waals surface area contributed by atoms with Gasteiger partial charge in [0.25, 0.3) is 5.91 Å². The zero-order valence-electron chi connectivity index (χ0n) is 12.0. The van der Waals surface area contributed by atoms with Crippen molar-refractivity contribution in [2.75, 3.05) is 0 Å². The van der Waals surface area contributed by atoms with Gasteiger partial charge in [-0.1, -0.05) is 50.3 Å². The maximum absolute atomic E-state index is 12.4. The molecular formula is C17H18N2O. The molecule has 1 aromatic carbocycles. The topological polar surface area (TPSA) is 32.3 Å². The summed E-state index contributed by atoms with van der Waals surface area (Å²) in [6.07, 6.45) is 5.85. The lowest BCUT2D eigenvalue weighted by Crippen LogP contribution is -2.41. The predicted molar refractivity (Wildman–Crippen MR) is 80.0 cm³/mol. The second-order valence-corrected chi connectivity index (χ2v) is 5.86. The molecule has 102 valence electrons. The van der Waals surface area contributed by atoms with Crippen LogP contribution in [0.5, 0.6) is 0 Å². The van der Waals surface area contributed by atoms with E-state index in [4.69, 9.17) is 0 Å². The molecule has 0 aliphatic carbocycles. The first-order valence-electron chi connectivity index (χ1n) is 6.77. The molecule has 2 aliphatic heterocycles. The lowest BCUT2D eigenvalue weighted by Gasteiger charge is -2.37. The van der Waals surface area contributed by atoms with Crippen LogP contribution in [-0.2, 0) is 4.79 Å². The molecule has 20 heavy (non-hydrogen) atoms. The van der Waals surface area contributed by atoms with Crippen molar-refractivity contribution in [3.05, 3.63) is 65.6 Å². The number of allylic oxidation sites excluding steroid dienone is 3. The number of rotatable bonds is 1. The minimum atomic E-state index is -0.0532. The minimum Gasteiger partial charge on any atom is -0.341 e. The molecule has 2 heterocycles. The summed E-state index contributed by atoms with van der Waals surface area (Å²) in [7, 11) is 0. The summed E-state index contributed by atoms with van der Waals surface area (Å²) < 4.78 is 0. The maximum atomic E-state index is 12.4. The quantitative estimate of drug-likeness (QED) is 0.846. The third kappa shape index (κ3) is 2.16. The zero-order valence-corrected chi connectivity index (χ0v) is 12.0. The van der Waals surface area contributed by atoms with Crippen molar-refractivity contribution in [3.8, 4) is 0 Å². The van der Waals surface area contributed by atoms with E-state index >= 15 is 0 Å². The van der Waals surface area contributed by atoms with Gasteiger partial charge in [-0.15, -0.1) is 0 Å². The maximum Gasteiger partial charge on any atom is 0.258 e. The SMILES string of the molecule is CC1=CC(C)(C)C=C2NC(c3ccccc3)=CC(=O)N12. The number of carbonyl (C=O) groups is 1. The van der Waals surface area contributed by atoms with Gasteiger partial charge in [-0.2, -0.15) is 0 Å². The first-order valence-corrected chi connectivity index (χ1v) is 6.77. The minimum absolute atomic E-state index is 0.00176. The molecule has 0 fully saturated rings. The molecule has 0 spiro atoms. The summed E-state index contributed by atoms with van der Waals surface area (Å²) in [5.74, 6) is 0.847. The summed E-state index contributed by atoms with van der Waals surface area (Å²) in [4.78, 5) is 14.1. The van der Waals surface area contributed by atoms with Crippen LogP contribution in [0.25, 0.3) is 5.70 Å². The van der Waals surface area contributed by atoms with Crippen LogP contribution in [0.1, 0.15) is 26.3 Å². The van der Waals surface area contributed by atoms with E-state index in [0.717, 1.165) is 22.8 Å². The highest BCUT2D eigenvalue weighted by atomic mass is 16.2. The molecule has 3 rings (SSSR count). The van der Waals surface area contributed by atoms with Crippen molar-refractivity contribution in [1.29, 1.82) is 0 Å². The van der Waals surface area contributed by atoms with Gasteiger partial charge in [0.1, 0.15) is 5.82 Å². The van der Waals surface area contributed by atoms with Crippen molar-refractivity contribution >= 4 is 11.6 Å². The highest BCUT2D eigenvalue weighted by Crippen LogP contribution is 2.34. The number of amides is 1. The monoisotopic (exact) mass is 266 g/mol. The third-order valence-electron chi connectivity index (χ3n) is 3.52. The second-order valence-electron chi connectivity index (χ2n) is 5.86. The van der Waals surface area contributed by atoms with E-state index in [-0.39, 0.29) is 11.3 Å². The molecule has 3 heteroatoms. The predicted octanol–water partition coefficient (Wildman–Crippen LogP) is 3.24. The van der Waals surface area contributed by atoms with Crippen molar-refractivity contribution in [3.63, 3.8) is 0 Å². The van der Waals surface area contributed by atoms with Gasteiger partial charge < -0.3 is 5.32 Å². The standard InChI is InChI=1S/C17H18N2O/c1-12-10-17(2,3)11-15-18-14(9-16(20)19(12)15)13-7-5-4-6-8-13/h4-11,18H,1-3H3. The molecule has 0 unspecified atom stereocenters. The van der Waals surface area contributed by atoms with E-state index in [1.807, 2.05) is 37.3 Å². The summed E-state index contributed by atoms with van der Waals surface area (Å²) >= 11 is 0. The van der Waals surface area contributed by atoms with Gasteiger partial charge in [0.2, 0.25) is 0 Å². The van der Waals surface area contributed by atoms with Crippen molar-refractivity contribution in [2.24, 2.45) is 5.41 Å². The largest absolute Gasteiger partial charge is 0.341 e. The zero-order chi connectivity index (χ0) is 14.3. The lowest BCUT2D eigenvalue weighted by atomic mass is 9.88. The molecule has 1 aromatic rings. The number of benzene rings is 1. The molecule has 1 N–H and O–H groups in total. The summed E-state index contributed by atoms with van der Waals surface area (Å²) in [5.41, 5.74) is 2.78. The van der Waals surface area contributed by atoms with Crippen LogP contribution in [0.4, 0.5) is 0 Å². The van der Waals surface area contributed by atoms with Crippen molar-refractivity contribution < 1.29 is 4.79 Å². The Hall–Kier alpha value is -2.29. The van der Waals surface area contributed by atoms with Crippen molar-refractivity contribution in [2.45, 2.75) is 20.8 Å². The van der Waals surface area contributed by atoms with Gasteiger partial charge in [0.15, 0.2) is 0 Å². The van der Waals surface area contributed by atoms with Crippen LogP contribution in [0.3, 0.4) is 0 Å². The molecule has 0 radical (unpaired) electrons. The number of hydrogen-bond acceptors (Lipinski definition) is 2. The van der Waals surface area contributed by atoms with E-state index in [1.54, 1.807) is 11.0 Å². The van der Waals surface area contributed by atoms with Gasteiger partial charge >= 0.3 is 0 Å². The number of carbonyl (C=O) groups excluding carboxylic acids is 1. The third-order valence-corrected chi connectivity index (χ3v) is 3.52. The molecule has 2 aliphatic rings. The number of nitrogens with one attached hydrogen (secondary N) is 1. The van der Waals surface area contributed by atoms with E-state index in [1.165, 1.54) is 0 Å². The first-order chi connectivity index (χ1) is 9.46. The average molecular weight is 266 g/mol. The Kier molecular flexibility index (Phi) is 2.78. The Labute approximate surface area is 119 Å². The smallest absolute Gasteiger partial charge is 0.258 e. The highest BCUT2D eigenvalue weighted by molar-refractivity contribution is 5.99. The van der Waals surface area contributed by atoms with Gasteiger partial charge in [0, 0.05) is 17.2 Å².